The van der Waals surface area contributed by atoms with Crippen molar-refractivity contribution in [3.63, 3.8) is 0 Å². The van der Waals surface area contributed by atoms with Crippen LogP contribution in [0, 0.1) is 18.7 Å². The highest BCUT2D eigenvalue weighted by molar-refractivity contribution is 5.75. The SMILES string of the molecule is CCOc1c(C2C(C)C(C)(C(F)(F)F)O[C@H]2C(=O)O)ccc(F)c1C. The summed E-state index contributed by atoms with van der Waals surface area (Å²) in [5.74, 6) is -4.36. The number of carboxylic acid groups (broad SMARTS) is 1. The van der Waals surface area contributed by atoms with Crippen LogP contribution in [0.3, 0.4) is 0 Å². The molecule has 1 aromatic rings. The Bertz CT molecular complexity index is 673. The molecule has 1 aromatic carbocycles. The molecule has 0 bridgehead atoms. The molecule has 1 N–H and O–H groups in total. The standard InChI is InChI=1S/C17H20F4O4/c1-5-24-13-8(2)11(18)7-6-10(13)12-9(3)16(4,17(19,20)21)25-14(12)15(22)23/h6-7,9,12,14H,5H2,1-4H3,(H,22,23)/t9?,12?,14-,16?/m1/s1. The Morgan fingerprint density at radius 3 is 2.48 bits per heavy atom. The second-order valence-electron chi connectivity index (χ2n) is 6.32. The molecule has 4 atom stereocenters. The van der Waals surface area contributed by atoms with E-state index in [-0.39, 0.29) is 23.5 Å². The molecule has 2 rings (SSSR count). The summed E-state index contributed by atoms with van der Waals surface area (Å²) in [6, 6.07) is 2.37. The number of hydrogen-bond acceptors (Lipinski definition) is 3. The molecule has 4 nitrogen and oxygen atoms in total. The van der Waals surface area contributed by atoms with Crippen molar-refractivity contribution >= 4 is 5.97 Å². The number of benzene rings is 1. The Balaban J connectivity index is 2.64. The summed E-state index contributed by atoms with van der Waals surface area (Å²) in [6.45, 7) is 5.37. The van der Waals surface area contributed by atoms with E-state index in [9.17, 15) is 27.5 Å². The number of carbonyl (C=O) groups is 1. The number of carboxylic acids is 1. The molecule has 1 aliphatic heterocycles. The molecule has 0 saturated carbocycles. The first-order valence-corrected chi connectivity index (χ1v) is 7.84. The van der Waals surface area contributed by atoms with Crippen LogP contribution in [-0.2, 0) is 9.53 Å². The van der Waals surface area contributed by atoms with Gasteiger partial charge in [-0.1, -0.05) is 13.0 Å². The van der Waals surface area contributed by atoms with Crippen LogP contribution in [0.25, 0.3) is 0 Å². The van der Waals surface area contributed by atoms with E-state index in [4.69, 9.17) is 9.47 Å². The van der Waals surface area contributed by atoms with E-state index in [0.29, 0.717) is 0 Å². The highest BCUT2D eigenvalue weighted by Gasteiger charge is 2.66. The zero-order valence-electron chi connectivity index (χ0n) is 14.3. The number of alkyl halides is 3. The van der Waals surface area contributed by atoms with Crippen LogP contribution in [0.2, 0.25) is 0 Å². The summed E-state index contributed by atoms with van der Waals surface area (Å²) in [7, 11) is 0. The summed E-state index contributed by atoms with van der Waals surface area (Å²) in [4.78, 5) is 11.6. The first-order chi connectivity index (χ1) is 11.5. The van der Waals surface area contributed by atoms with E-state index in [1.54, 1.807) is 6.92 Å². The lowest BCUT2D eigenvalue weighted by Gasteiger charge is -2.32. The maximum absolute atomic E-state index is 13.9. The van der Waals surface area contributed by atoms with Crippen molar-refractivity contribution in [2.24, 2.45) is 5.92 Å². The molecule has 1 aliphatic rings. The van der Waals surface area contributed by atoms with E-state index in [0.717, 1.165) is 13.0 Å². The summed E-state index contributed by atoms with van der Waals surface area (Å²) in [6.07, 6.45) is -6.47. The van der Waals surface area contributed by atoms with Crippen LogP contribution in [0.1, 0.15) is 37.8 Å². The largest absolute Gasteiger partial charge is 0.493 e. The van der Waals surface area contributed by atoms with Crippen molar-refractivity contribution in [2.75, 3.05) is 6.61 Å². The van der Waals surface area contributed by atoms with E-state index in [2.05, 4.69) is 0 Å². The number of halogens is 4. The summed E-state index contributed by atoms with van der Waals surface area (Å²) < 4.78 is 64.8. The van der Waals surface area contributed by atoms with Crippen LogP contribution >= 0.6 is 0 Å². The molecule has 3 unspecified atom stereocenters. The zero-order valence-corrected chi connectivity index (χ0v) is 14.3. The van der Waals surface area contributed by atoms with Gasteiger partial charge in [0.15, 0.2) is 11.7 Å². The molecule has 8 heteroatoms. The smallest absolute Gasteiger partial charge is 0.417 e. The normalized spacial score (nSPS) is 29.7. The highest BCUT2D eigenvalue weighted by atomic mass is 19.4. The van der Waals surface area contributed by atoms with Crippen LogP contribution in [0.4, 0.5) is 17.6 Å². The van der Waals surface area contributed by atoms with Crippen LogP contribution in [0.15, 0.2) is 12.1 Å². The fourth-order valence-electron chi connectivity index (χ4n) is 3.30. The van der Waals surface area contributed by atoms with Crippen LogP contribution in [-0.4, -0.2) is 35.6 Å². The number of aliphatic carboxylic acids is 1. The van der Waals surface area contributed by atoms with Crippen molar-refractivity contribution < 1.29 is 36.9 Å². The van der Waals surface area contributed by atoms with Gasteiger partial charge in [-0.05, 0) is 26.8 Å². The maximum Gasteiger partial charge on any atom is 0.417 e. The van der Waals surface area contributed by atoms with Crippen molar-refractivity contribution in [1.29, 1.82) is 0 Å². The Labute approximate surface area is 142 Å². The molecule has 140 valence electrons. The molecule has 1 fully saturated rings. The van der Waals surface area contributed by atoms with Gasteiger partial charge in [-0.15, -0.1) is 0 Å². The second-order valence-corrected chi connectivity index (χ2v) is 6.32. The van der Waals surface area contributed by atoms with Gasteiger partial charge in [0.25, 0.3) is 0 Å². The first-order valence-electron chi connectivity index (χ1n) is 7.84. The molecule has 0 aliphatic carbocycles. The lowest BCUT2D eigenvalue weighted by Crippen LogP contribution is -2.47. The Kier molecular flexibility index (Phi) is 5.05. The summed E-state index contributed by atoms with van der Waals surface area (Å²) in [5, 5.41) is 9.40. The lowest BCUT2D eigenvalue weighted by molar-refractivity contribution is -0.273. The topological polar surface area (TPSA) is 55.8 Å². The molecule has 25 heavy (non-hydrogen) atoms. The third-order valence-electron chi connectivity index (χ3n) is 4.93. The van der Waals surface area contributed by atoms with Crippen molar-refractivity contribution in [1.82, 2.24) is 0 Å². The van der Waals surface area contributed by atoms with E-state index >= 15 is 0 Å². The van der Waals surface area contributed by atoms with Gasteiger partial charge in [0.05, 0.1) is 6.61 Å². The van der Waals surface area contributed by atoms with E-state index in [1.807, 2.05) is 0 Å². The average molecular weight is 364 g/mol. The second kappa shape index (κ2) is 6.48. The average Bonchev–Trinajstić information content (AvgIpc) is 2.78. The first kappa shape index (κ1) is 19.5. The van der Waals surface area contributed by atoms with Gasteiger partial charge in [-0.3, -0.25) is 0 Å². The van der Waals surface area contributed by atoms with E-state index < -0.39 is 41.5 Å². The van der Waals surface area contributed by atoms with Gasteiger partial charge in [0.1, 0.15) is 11.6 Å². The van der Waals surface area contributed by atoms with Crippen LogP contribution < -0.4 is 4.74 Å². The monoisotopic (exact) mass is 364 g/mol. The van der Waals surface area contributed by atoms with Crippen LogP contribution in [0.5, 0.6) is 5.75 Å². The minimum Gasteiger partial charge on any atom is -0.493 e. The Hall–Kier alpha value is -1.83. The Morgan fingerprint density at radius 2 is 2.00 bits per heavy atom. The van der Waals surface area contributed by atoms with Crippen molar-refractivity contribution in [3.8, 4) is 5.75 Å². The predicted molar refractivity (Wildman–Crippen MR) is 81.2 cm³/mol. The predicted octanol–water partition coefficient (Wildman–Crippen LogP) is 4.06. The molecule has 1 saturated heterocycles. The molecule has 1 heterocycles. The number of rotatable bonds is 4. The fourth-order valence-corrected chi connectivity index (χ4v) is 3.30. The minimum atomic E-state index is -4.75. The quantitative estimate of drug-likeness (QED) is 0.819. The number of ether oxygens (including phenoxy) is 2. The van der Waals surface area contributed by atoms with Gasteiger partial charge in [-0.25, -0.2) is 9.18 Å². The summed E-state index contributed by atoms with van der Waals surface area (Å²) >= 11 is 0. The lowest BCUT2D eigenvalue weighted by atomic mass is 9.76. The highest BCUT2D eigenvalue weighted by Crippen LogP contribution is 2.54. The molecule has 0 aromatic heterocycles. The number of hydrogen-bond donors (Lipinski definition) is 1. The van der Waals surface area contributed by atoms with E-state index in [1.165, 1.54) is 19.9 Å². The van der Waals surface area contributed by atoms with Gasteiger partial charge in [-0.2, -0.15) is 13.2 Å². The zero-order chi connectivity index (χ0) is 19.2. The fraction of sp³-hybridized carbons (Fsp3) is 0.588. The minimum absolute atomic E-state index is 0.0700. The molecular weight excluding hydrogens is 344 g/mol. The van der Waals surface area contributed by atoms with Crippen molar-refractivity contribution in [2.45, 2.75) is 51.5 Å². The molecule has 0 amide bonds. The third kappa shape index (κ3) is 3.07. The molecule has 0 radical (unpaired) electrons. The van der Waals surface area contributed by atoms with Crippen molar-refractivity contribution in [3.05, 3.63) is 29.1 Å². The van der Waals surface area contributed by atoms with Gasteiger partial charge < -0.3 is 14.6 Å². The Morgan fingerprint density at radius 1 is 1.40 bits per heavy atom. The van der Waals surface area contributed by atoms with Gasteiger partial charge >= 0.3 is 12.1 Å². The molecular formula is C17H20F4O4. The third-order valence-corrected chi connectivity index (χ3v) is 4.93. The summed E-state index contributed by atoms with van der Waals surface area (Å²) in [5.41, 5.74) is -2.31. The van der Waals surface area contributed by atoms with Gasteiger partial charge in [0, 0.05) is 23.0 Å². The van der Waals surface area contributed by atoms with Gasteiger partial charge in [0.2, 0.25) is 0 Å². The maximum atomic E-state index is 13.9. The molecule has 0 spiro atoms.